The van der Waals surface area contributed by atoms with Crippen LogP contribution in [0.1, 0.15) is 149 Å². The van der Waals surface area contributed by atoms with Gasteiger partial charge in [0.1, 0.15) is 12.6 Å². The number of unbranched alkanes of at least 4 members (excludes halogenated alkanes) is 16. The Kier molecular flexibility index (Phi) is 35.9. The highest BCUT2D eigenvalue weighted by Crippen LogP contribution is 2.12. The summed E-state index contributed by atoms with van der Waals surface area (Å²) in [5.74, 6) is 0. The fraction of sp³-hybridized carbons (Fsp3) is 0.889. The van der Waals surface area contributed by atoms with Crippen molar-refractivity contribution in [1.82, 2.24) is 0 Å². The van der Waals surface area contributed by atoms with Crippen LogP contribution in [0.5, 0.6) is 0 Å². The standard InChI is InChI=1S/C36H73N2O2.BrH/c1-5-7-9-11-13-15-17-19-21-23-25-27-32-39-35-36(34-38(3,4)31-29-30-37)40-33-28-26-24-22-20-18-16-14-12-10-8-6-2;/h11-14,36H,5-10,15-35,37H2,1-4H3;1H/q+1;/p-1. The summed E-state index contributed by atoms with van der Waals surface area (Å²) in [5, 5.41) is 0. The van der Waals surface area contributed by atoms with Gasteiger partial charge in [0, 0.05) is 19.6 Å². The van der Waals surface area contributed by atoms with Crippen molar-refractivity contribution in [3.05, 3.63) is 24.3 Å². The second kappa shape index (κ2) is 34.3. The van der Waals surface area contributed by atoms with Gasteiger partial charge in [0.25, 0.3) is 0 Å². The maximum Gasteiger partial charge on any atom is 0.130 e. The van der Waals surface area contributed by atoms with Gasteiger partial charge in [-0.3, -0.25) is 0 Å². The topological polar surface area (TPSA) is 44.5 Å². The molecule has 0 saturated carbocycles. The molecule has 4 nitrogen and oxygen atoms in total. The van der Waals surface area contributed by atoms with Crippen LogP contribution in [-0.2, 0) is 9.47 Å². The molecule has 0 spiro atoms. The van der Waals surface area contributed by atoms with Crippen LogP contribution in [0.25, 0.3) is 0 Å². The Labute approximate surface area is 268 Å². The Morgan fingerprint density at radius 3 is 1.51 bits per heavy atom. The molecule has 0 aliphatic rings. The van der Waals surface area contributed by atoms with Crippen LogP contribution in [-0.4, -0.2) is 64.1 Å². The Balaban J connectivity index is 0. The molecule has 0 aliphatic carbocycles. The molecule has 0 bridgehead atoms. The van der Waals surface area contributed by atoms with Gasteiger partial charge in [-0.25, -0.2) is 0 Å². The van der Waals surface area contributed by atoms with Crippen LogP contribution in [0.4, 0.5) is 0 Å². The van der Waals surface area contributed by atoms with Crippen molar-refractivity contribution in [3.8, 4) is 0 Å². The molecule has 1 atom stereocenters. The predicted molar refractivity (Wildman–Crippen MR) is 178 cm³/mol. The van der Waals surface area contributed by atoms with Crippen molar-refractivity contribution in [2.24, 2.45) is 5.73 Å². The highest BCUT2D eigenvalue weighted by atomic mass is 79.9. The van der Waals surface area contributed by atoms with E-state index in [2.05, 4.69) is 52.2 Å². The average Bonchev–Trinajstić information content (AvgIpc) is 2.94. The van der Waals surface area contributed by atoms with E-state index >= 15 is 0 Å². The zero-order valence-electron chi connectivity index (χ0n) is 28.2. The maximum absolute atomic E-state index is 6.38. The Morgan fingerprint density at radius 1 is 0.585 bits per heavy atom. The number of hydrogen-bond donors (Lipinski definition) is 1. The largest absolute Gasteiger partial charge is 1.00 e. The number of likely N-dealkylation sites (N-methyl/N-ethyl adjacent to an activating group) is 1. The average molecular weight is 646 g/mol. The summed E-state index contributed by atoms with van der Waals surface area (Å²) in [5.41, 5.74) is 5.78. The molecule has 2 N–H and O–H groups in total. The fourth-order valence-corrected chi connectivity index (χ4v) is 5.14. The third-order valence-electron chi connectivity index (χ3n) is 7.78. The Bertz CT molecular complexity index is 554. The lowest BCUT2D eigenvalue weighted by Crippen LogP contribution is -3.00. The molecule has 41 heavy (non-hydrogen) atoms. The monoisotopic (exact) mass is 644 g/mol. The molecular weight excluding hydrogens is 572 g/mol. The zero-order chi connectivity index (χ0) is 29.4. The van der Waals surface area contributed by atoms with Gasteiger partial charge in [0.15, 0.2) is 0 Å². The van der Waals surface area contributed by atoms with Crippen LogP contribution in [0.2, 0.25) is 0 Å². The highest BCUT2D eigenvalue weighted by molar-refractivity contribution is 4.81. The van der Waals surface area contributed by atoms with E-state index in [1.54, 1.807) is 0 Å². The van der Waals surface area contributed by atoms with E-state index in [-0.39, 0.29) is 23.1 Å². The maximum atomic E-state index is 6.38. The molecule has 0 aromatic carbocycles. The minimum Gasteiger partial charge on any atom is -1.00 e. The minimum atomic E-state index is 0. The second-order valence-corrected chi connectivity index (χ2v) is 12.6. The first kappa shape index (κ1) is 42.9. The lowest BCUT2D eigenvalue weighted by Gasteiger charge is -2.33. The summed E-state index contributed by atoms with van der Waals surface area (Å²) in [6.45, 7) is 9.82. The third-order valence-corrected chi connectivity index (χ3v) is 7.78. The summed E-state index contributed by atoms with van der Waals surface area (Å²) >= 11 is 0. The van der Waals surface area contributed by atoms with Crippen LogP contribution >= 0.6 is 0 Å². The first-order chi connectivity index (χ1) is 19.6. The molecule has 0 radical (unpaired) electrons. The van der Waals surface area contributed by atoms with E-state index in [1.807, 2.05) is 0 Å². The van der Waals surface area contributed by atoms with E-state index in [9.17, 15) is 0 Å². The van der Waals surface area contributed by atoms with Gasteiger partial charge in [0.05, 0.1) is 27.2 Å². The van der Waals surface area contributed by atoms with Gasteiger partial charge in [-0.05, 0) is 57.9 Å². The van der Waals surface area contributed by atoms with Crippen LogP contribution in [0.3, 0.4) is 0 Å². The molecule has 0 rings (SSSR count). The van der Waals surface area contributed by atoms with E-state index in [1.165, 1.54) is 122 Å². The minimum absolute atomic E-state index is 0. The van der Waals surface area contributed by atoms with Gasteiger partial charge in [-0.1, -0.05) is 115 Å². The zero-order valence-corrected chi connectivity index (χ0v) is 29.8. The number of quaternary nitrogens is 1. The molecule has 0 saturated heterocycles. The summed E-state index contributed by atoms with van der Waals surface area (Å²) in [7, 11) is 4.60. The molecule has 5 heteroatoms. The summed E-state index contributed by atoms with van der Waals surface area (Å²) in [4.78, 5) is 0. The van der Waals surface area contributed by atoms with Crippen molar-refractivity contribution >= 4 is 0 Å². The molecule has 0 aliphatic heterocycles. The predicted octanol–water partition coefficient (Wildman–Crippen LogP) is 6.77. The van der Waals surface area contributed by atoms with Crippen molar-refractivity contribution in [2.45, 2.75) is 155 Å². The molecule has 246 valence electrons. The third kappa shape index (κ3) is 34.2. The number of rotatable bonds is 32. The second-order valence-electron chi connectivity index (χ2n) is 12.6. The molecule has 0 aromatic heterocycles. The van der Waals surface area contributed by atoms with Gasteiger partial charge in [-0.2, -0.15) is 0 Å². The first-order valence-corrected chi connectivity index (χ1v) is 17.6. The van der Waals surface area contributed by atoms with E-state index in [0.717, 1.165) is 56.8 Å². The quantitative estimate of drug-likeness (QED) is 0.0499. The number of nitrogens with two attached hydrogens (primary N) is 1. The van der Waals surface area contributed by atoms with Crippen LogP contribution in [0, 0.1) is 0 Å². The number of allylic oxidation sites excluding steroid dienone is 4. The normalized spacial score (nSPS) is 12.9. The van der Waals surface area contributed by atoms with Crippen molar-refractivity contribution in [2.75, 3.05) is 53.6 Å². The van der Waals surface area contributed by atoms with E-state index in [0.29, 0.717) is 0 Å². The Hall–Kier alpha value is -0.200. The number of hydrogen-bond acceptors (Lipinski definition) is 3. The van der Waals surface area contributed by atoms with Crippen molar-refractivity contribution in [3.63, 3.8) is 0 Å². The lowest BCUT2D eigenvalue weighted by molar-refractivity contribution is -0.893. The van der Waals surface area contributed by atoms with E-state index in [4.69, 9.17) is 15.2 Å². The molecule has 0 fully saturated rings. The molecular formula is C36H73BrN2O2. The van der Waals surface area contributed by atoms with Crippen molar-refractivity contribution < 1.29 is 30.9 Å². The Morgan fingerprint density at radius 2 is 1.02 bits per heavy atom. The molecule has 0 aromatic rings. The number of nitrogens with zero attached hydrogens (tertiary/aromatic N) is 1. The van der Waals surface area contributed by atoms with Gasteiger partial charge in [0.2, 0.25) is 0 Å². The van der Waals surface area contributed by atoms with Gasteiger partial charge in [-0.15, -0.1) is 0 Å². The smallest absolute Gasteiger partial charge is 0.130 e. The summed E-state index contributed by atoms with van der Waals surface area (Å²) in [6.07, 6.45) is 36.7. The SMILES string of the molecule is CCCCC=CCCCCCCCCOCC(C[N+](C)(C)CCCN)OCCCCCCCCC=CCCCC.[Br-]. The van der Waals surface area contributed by atoms with Gasteiger partial charge >= 0.3 is 0 Å². The summed E-state index contributed by atoms with van der Waals surface area (Å²) in [6, 6.07) is 0. The number of ether oxygens (including phenoxy) is 2. The van der Waals surface area contributed by atoms with Crippen LogP contribution in [0.15, 0.2) is 24.3 Å². The van der Waals surface area contributed by atoms with Crippen molar-refractivity contribution in [1.29, 1.82) is 0 Å². The van der Waals surface area contributed by atoms with Crippen LogP contribution < -0.4 is 22.7 Å². The fourth-order valence-electron chi connectivity index (χ4n) is 5.14. The molecule has 0 heterocycles. The molecule has 0 amide bonds. The first-order valence-electron chi connectivity index (χ1n) is 17.6. The van der Waals surface area contributed by atoms with E-state index < -0.39 is 0 Å². The highest BCUT2D eigenvalue weighted by Gasteiger charge is 2.22. The van der Waals surface area contributed by atoms with Gasteiger partial charge < -0.3 is 36.7 Å². The summed E-state index contributed by atoms with van der Waals surface area (Å²) < 4.78 is 13.5. The number of halogens is 1. The molecule has 1 unspecified atom stereocenters. The lowest BCUT2D eigenvalue weighted by atomic mass is 10.1.